The predicted molar refractivity (Wildman–Crippen MR) is 102 cm³/mol. The molecule has 2 saturated heterocycles. The molecule has 0 unspecified atom stereocenters. The third-order valence-corrected chi connectivity index (χ3v) is 6.21. The molecule has 2 fully saturated rings. The van der Waals surface area contributed by atoms with E-state index in [0.717, 1.165) is 11.8 Å². The normalized spacial score (nSPS) is 26.2. The fourth-order valence-electron chi connectivity index (χ4n) is 3.03. The maximum absolute atomic E-state index is 6.11. The zero-order valence-electron chi connectivity index (χ0n) is 16.8. The molecule has 2 heterocycles. The van der Waals surface area contributed by atoms with Gasteiger partial charge in [0.2, 0.25) is 0 Å². The zero-order chi connectivity index (χ0) is 18.7. The first-order chi connectivity index (χ1) is 11.3. The van der Waals surface area contributed by atoms with Crippen LogP contribution in [-0.2, 0) is 24.9 Å². The molecule has 25 heavy (non-hydrogen) atoms. The van der Waals surface area contributed by atoms with Crippen LogP contribution in [0.15, 0.2) is 24.3 Å². The predicted octanol–water partition coefficient (Wildman–Crippen LogP) is 3.16. The third kappa shape index (κ3) is 3.42. The molecule has 0 radical (unpaired) electrons. The van der Waals surface area contributed by atoms with Crippen molar-refractivity contribution >= 4 is 19.7 Å². The van der Waals surface area contributed by atoms with E-state index < -0.39 is 0 Å². The highest BCUT2D eigenvalue weighted by molar-refractivity contribution is 6.62. The van der Waals surface area contributed by atoms with E-state index in [1.54, 1.807) is 0 Å². The van der Waals surface area contributed by atoms with Crippen molar-refractivity contribution < 1.29 is 18.6 Å². The minimum Gasteiger partial charge on any atom is -0.403 e. The topological polar surface area (TPSA) is 36.9 Å². The number of benzene rings is 1. The van der Waals surface area contributed by atoms with Crippen molar-refractivity contribution in [2.24, 2.45) is 0 Å². The first-order valence-electron chi connectivity index (χ1n) is 9.13. The fourth-order valence-corrected chi connectivity index (χ4v) is 3.03. The van der Waals surface area contributed by atoms with Crippen molar-refractivity contribution in [1.82, 2.24) is 0 Å². The van der Waals surface area contributed by atoms with Gasteiger partial charge in [-0.1, -0.05) is 29.8 Å². The van der Waals surface area contributed by atoms with Gasteiger partial charge in [0.15, 0.2) is 0 Å². The van der Waals surface area contributed by atoms with Gasteiger partial charge in [-0.25, -0.2) is 0 Å². The van der Waals surface area contributed by atoms with Crippen LogP contribution in [0, 0.1) is 0 Å². The molecule has 1 aromatic carbocycles. The number of rotatable bonds is 3. The average molecular weight is 344 g/mol. The largest absolute Gasteiger partial charge is 0.494 e. The van der Waals surface area contributed by atoms with Gasteiger partial charge in [0, 0.05) is 6.32 Å². The van der Waals surface area contributed by atoms with E-state index in [1.165, 1.54) is 5.56 Å². The summed E-state index contributed by atoms with van der Waals surface area (Å²) in [5.74, 6) is 0. The molecule has 0 atom stereocenters. The van der Waals surface area contributed by atoms with Crippen LogP contribution >= 0.6 is 0 Å². The van der Waals surface area contributed by atoms with E-state index in [2.05, 4.69) is 79.7 Å². The quantitative estimate of drug-likeness (QED) is 0.790. The molecule has 4 nitrogen and oxygen atoms in total. The molecule has 2 aliphatic heterocycles. The maximum Gasteiger partial charge on any atom is 0.494 e. The van der Waals surface area contributed by atoms with E-state index in [9.17, 15) is 0 Å². The summed E-state index contributed by atoms with van der Waals surface area (Å²) in [5, 5.41) is 0. The first kappa shape index (κ1) is 19.0. The smallest absolute Gasteiger partial charge is 0.403 e. The molecule has 136 valence electrons. The minimum atomic E-state index is -0.323. The van der Waals surface area contributed by atoms with Crippen molar-refractivity contribution in [3.8, 4) is 0 Å². The van der Waals surface area contributed by atoms with Gasteiger partial charge in [0.1, 0.15) is 0 Å². The van der Waals surface area contributed by atoms with Crippen LogP contribution in [0.2, 0.25) is 0 Å². The molecule has 6 heteroatoms. The Labute approximate surface area is 152 Å². The van der Waals surface area contributed by atoms with Crippen molar-refractivity contribution in [3.05, 3.63) is 29.8 Å². The van der Waals surface area contributed by atoms with Crippen LogP contribution < -0.4 is 5.46 Å². The van der Waals surface area contributed by atoms with E-state index >= 15 is 0 Å². The molecule has 0 aliphatic carbocycles. The highest BCUT2D eigenvalue weighted by atomic mass is 16.7. The third-order valence-electron chi connectivity index (χ3n) is 6.21. The Morgan fingerprint density at radius 3 is 1.48 bits per heavy atom. The summed E-state index contributed by atoms with van der Waals surface area (Å²) in [6.07, 6.45) is 0.733. The molecular formula is C19H30B2O4. The first-order valence-corrected chi connectivity index (χ1v) is 9.13. The van der Waals surface area contributed by atoms with E-state index in [-0.39, 0.29) is 36.6 Å². The Hall–Kier alpha value is -0.810. The Kier molecular flexibility index (Phi) is 4.44. The number of hydrogen-bond acceptors (Lipinski definition) is 4. The monoisotopic (exact) mass is 344 g/mol. The van der Waals surface area contributed by atoms with E-state index in [0.29, 0.717) is 0 Å². The van der Waals surface area contributed by atoms with Gasteiger partial charge in [0.25, 0.3) is 0 Å². The summed E-state index contributed by atoms with van der Waals surface area (Å²) in [6, 6.07) is 8.35. The second-order valence-corrected chi connectivity index (χ2v) is 9.22. The summed E-state index contributed by atoms with van der Waals surface area (Å²) in [7, 11) is -0.538. The lowest BCUT2D eigenvalue weighted by Gasteiger charge is -2.32. The lowest BCUT2D eigenvalue weighted by molar-refractivity contribution is 0.00578. The van der Waals surface area contributed by atoms with Gasteiger partial charge in [-0.15, -0.1) is 0 Å². The molecule has 0 bridgehead atoms. The Morgan fingerprint density at radius 1 is 0.640 bits per heavy atom. The van der Waals surface area contributed by atoms with Crippen LogP contribution in [0.1, 0.15) is 61.0 Å². The van der Waals surface area contributed by atoms with Crippen LogP contribution in [0.4, 0.5) is 0 Å². The molecule has 0 N–H and O–H groups in total. The van der Waals surface area contributed by atoms with Crippen molar-refractivity contribution in [3.63, 3.8) is 0 Å². The average Bonchev–Trinajstić information content (AvgIpc) is 2.78. The molecular weight excluding hydrogens is 314 g/mol. The van der Waals surface area contributed by atoms with Crippen LogP contribution in [-0.4, -0.2) is 36.6 Å². The summed E-state index contributed by atoms with van der Waals surface area (Å²) in [4.78, 5) is 0. The lowest BCUT2D eigenvalue weighted by atomic mass is 9.76. The van der Waals surface area contributed by atoms with Crippen LogP contribution in [0.25, 0.3) is 0 Å². The second kappa shape index (κ2) is 5.85. The standard InChI is InChI=1S/C19H30B2O4/c1-16(2)17(3,4)23-20(22-16)13-14-9-11-15(12-10-14)21-24-18(5,6)19(7,8)25-21/h9-12H,13H2,1-8H3. The summed E-state index contributed by atoms with van der Waals surface area (Å²) in [6.45, 7) is 16.6. The van der Waals surface area contributed by atoms with Gasteiger partial charge in [0.05, 0.1) is 22.4 Å². The molecule has 0 aromatic heterocycles. The highest BCUT2D eigenvalue weighted by Gasteiger charge is 2.52. The SMILES string of the molecule is CC1(C)OB(Cc2ccc(B3OC(C)(C)C(C)(C)O3)cc2)OC1(C)C. The Bertz CT molecular complexity index is 605. The molecule has 1 aromatic rings. The van der Waals surface area contributed by atoms with Gasteiger partial charge in [-0.2, -0.15) is 0 Å². The summed E-state index contributed by atoms with van der Waals surface area (Å²) >= 11 is 0. The second-order valence-electron chi connectivity index (χ2n) is 9.22. The van der Waals surface area contributed by atoms with E-state index in [1.807, 2.05) is 0 Å². The zero-order valence-corrected chi connectivity index (χ0v) is 16.8. The van der Waals surface area contributed by atoms with E-state index in [4.69, 9.17) is 18.6 Å². The van der Waals surface area contributed by atoms with Crippen molar-refractivity contribution in [1.29, 1.82) is 0 Å². The maximum atomic E-state index is 6.11. The lowest BCUT2D eigenvalue weighted by Crippen LogP contribution is -2.41. The van der Waals surface area contributed by atoms with Gasteiger partial charge >= 0.3 is 14.2 Å². The van der Waals surface area contributed by atoms with Crippen molar-refractivity contribution in [2.45, 2.75) is 84.1 Å². The minimum absolute atomic E-state index is 0.215. The van der Waals surface area contributed by atoms with Crippen molar-refractivity contribution in [2.75, 3.05) is 0 Å². The molecule has 0 saturated carbocycles. The molecule has 2 aliphatic rings. The summed E-state index contributed by atoms with van der Waals surface area (Å²) in [5.41, 5.74) is 0.994. The van der Waals surface area contributed by atoms with Crippen LogP contribution in [0.5, 0.6) is 0 Å². The molecule has 3 rings (SSSR count). The number of hydrogen-bond donors (Lipinski definition) is 0. The van der Waals surface area contributed by atoms with Gasteiger partial charge < -0.3 is 18.6 Å². The summed E-state index contributed by atoms with van der Waals surface area (Å²) < 4.78 is 24.4. The molecule has 0 spiro atoms. The highest BCUT2D eigenvalue weighted by Crippen LogP contribution is 2.38. The van der Waals surface area contributed by atoms with Gasteiger partial charge in [-0.05, 0) is 60.9 Å². The van der Waals surface area contributed by atoms with Crippen LogP contribution in [0.3, 0.4) is 0 Å². The Balaban J connectivity index is 1.66. The Morgan fingerprint density at radius 2 is 1.04 bits per heavy atom. The fraction of sp³-hybridized carbons (Fsp3) is 0.684. The molecule has 0 amide bonds. The van der Waals surface area contributed by atoms with Gasteiger partial charge in [-0.3, -0.25) is 0 Å².